The second-order valence-corrected chi connectivity index (χ2v) is 4.60. The van der Waals surface area contributed by atoms with Gasteiger partial charge in [-0.15, -0.1) is 6.58 Å². The van der Waals surface area contributed by atoms with Crippen molar-refractivity contribution in [2.75, 3.05) is 6.54 Å². The fourth-order valence-corrected chi connectivity index (χ4v) is 1.14. The predicted octanol–water partition coefficient (Wildman–Crippen LogP) is 1.28. The topological polar surface area (TPSA) is 95.5 Å². The molecule has 0 rings (SSSR count). The molecule has 0 aliphatic carbocycles. The monoisotopic (exact) mass is 256 g/mol. The van der Waals surface area contributed by atoms with Crippen molar-refractivity contribution in [3.05, 3.63) is 12.7 Å². The lowest BCUT2D eigenvalue weighted by atomic mass is 9.89. The van der Waals surface area contributed by atoms with Crippen molar-refractivity contribution in [3.63, 3.8) is 0 Å². The van der Waals surface area contributed by atoms with Crippen molar-refractivity contribution in [2.24, 2.45) is 5.41 Å². The summed E-state index contributed by atoms with van der Waals surface area (Å²) in [6.07, 6.45) is 3.01. The first-order valence-electron chi connectivity index (χ1n) is 5.71. The summed E-state index contributed by atoms with van der Waals surface area (Å²) < 4.78 is 0. The van der Waals surface area contributed by atoms with Gasteiger partial charge in [-0.25, -0.2) is 4.79 Å². The van der Waals surface area contributed by atoms with Gasteiger partial charge in [0.1, 0.15) is 0 Å². The van der Waals surface area contributed by atoms with Gasteiger partial charge in [0.15, 0.2) is 0 Å². The highest BCUT2D eigenvalue weighted by Gasteiger charge is 2.30. The molecule has 0 atom stereocenters. The van der Waals surface area contributed by atoms with Crippen LogP contribution in [0.3, 0.4) is 0 Å². The number of carboxylic acid groups (broad SMARTS) is 1. The van der Waals surface area contributed by atoms with Gasteiger partial charge in [0, 0.05) is 13.0 Å². The van der Waals surface area contributed by atoms with Crippen molar-refractivity contribution < 1.29 is 19.5 Å². The van der Waals surface area contributed by atoms with Crippen LogP contribution in [0.25, 0.3) is 0 Å². The molecule has 0 radical (unpaired) electrons. The standard InChI is InChI=1S/C12H20N2O4/c1-4-5-6-7-13-11(18)14-9(15)8-12(2,3)10(16)17/h4H,1,5-8H2,2-3H3,(H,16,17)(H2,13,14,15,18). The number of allylic oxidation sites excluding steroid dienone is 1. The van der Waals surface area contributed by atoms with E-state index in [0.717, 1.165) is 12.8 Å². The molecule has 0 aliphatic heterocycles. The molecule has 0 heterocycles. The molecular weight excluding hydrogens is 236 g/mol. The molecule has 0 bridgehead atoms. The normalized spacial score (nSPS) is 10.6. The minimum atomic E-state index is -1.19. The number of amides is 3. The van der Waals surface area contributed by atoms with Crippen molar-refractivity contribution in [2.45, 2.75) is 33.1 Å². The van der Waals surface area contributed by atoms with Crippen LogP contribution in [0.1, 0.15) is 33.1 Å². The van der Waals surface area contributed by atoms with Crippen LogP contribution in [-0.2, 0) is 9.59 Å². The summed E-state index contributed by atoms with van der Waals surface area (Å²) in [5.41, 5.74) is -1.19. The third kappa shape index (κ3) is 6.67. The molecule has 0 saturated carbocycles. The number of urea groups is 1. The van der Waals surface area contributed by atoms with E-state index in [0.29, 0.717) is 6.54 Å². The molecule has 0 aromatic rings. The van der Waals surface area contributed by atoms with E-state index < -0.39 is 23.3 Å². The van der Waals surface area contributed by atoms with E-state index in [-0.39, 0.29) is 6.42 Å². The lowest BCUT2D eigenvalue weighted by Gasteiger charge is -2.17. The minimum Gasteiger partial charge on any atom is -0.481 e. The smallest absolute Gasteiger partial charge is 0.321 e. The Balaban J connectivity index is 3.98. The Morgan fingerprint density at radius 2 is 1.94 bits per heavy atom. The van der Waals surface area contributed by atoms with Crippen molar-refractivity contribution in [1.82, 2.24) is 10.6 Å². The Morgan fingerprint density at radius 3 is 2.44 bits per heavy atom. The van der Waals surface area contributed by atoms with Crippen molar-refractivity contribution in [1.29, 1.82) is 0 Å². The van der Waals surface area contributed by atoms with Gasteiger partial charge in [-0.2, -0.15) is 0 Å². The molecule has 0 saturated heterocycles. The van der Waals surface area contributed by atoms with E-state index in [1.54, 1.807) is 6.08 Å². The van der Waals surface area contributed by atoms with Gasteiger partial charge in [0.2, 0.25) is 5.91 Å². The van der Waals surface area contributed by atoms with Gasteiger partial charge in [0.25, 0.3) is 0 Å². The van der Waals surface area contributed by atoms with Crippen LogP contribution >= 0.6 is 0 Å². The fourth-order valence-electron chi connectivity index (χ4n) is 1.14. The predicted molar refractivity (Wildman–Crippen MR) is 67.0 cm³/mol. The molecule has 0 aromatic carbocycles. The zero-order valence-corrected chi connectivity index (χ0v) is 10.8. The molecule has 18 heavy (non-hydrogen) atoms. The lowest BCUT2D eigenvalue weighted by molar-refractivity contribution is -0.149. The minimum absolute atomic E-state index is 0.248. The summed E-state index contributed by atoms with van der Waals surface area (Å²) in [5.74, 6) is -1.69. The molecule has 0 fully saturated rings. The number of unbranched alkanes of at least 4 members (excludes halogenated alkanes) is 1. The Labute approximate surface area is 106 Å². The molecule has 3 amide bonds. The van der Waals surface area contributed by atoms with E-state index in [1.807, 2.05) is 0 Å². The number of nitrogens with one attached hydrogen (secondary N) is 2. The number of hydrogen-bond acceptors (Lipinski definition) is 3. The number of imide groups is 1. The summed E-state index contributed by atoms with van der Waals surface area (Å²) in [6.45, 7) is 6.84. The quantitative estimate of drug-likeness (QED) is 0.472. The van der Waals surface area contributed by atoms with Crippen molar-refractivity contribution in [3.8, 4) is 0 Å². The average Bonchev–Trinajstić information content (AvgIpc) is 2.23. The summed E-state index contributed by atoms with van der Waals surface area (Å²) >= 11 is 0. The van der Waals surface area contributed by atoms with Gasteiger partial charge in [-0.05, 0) is 26.7 Å². The highest BCUT2D eigenvalue weighted by Crippen LogP contribution is 2.19. The molecule has 0 spiro atoms. The van der Waals surface area contributed by atoms with Crippen molar-refractivity contribution >= 4 is 17.9 Å². The highest BCUT2D eigenvalue weighted by molar-refractivity contribution is 5.96. The number of hydrogen-bond donors (Lipinski definition) is 3. The largest absolute Gasteiger partial charge is 0.481 e. The summed E-state index contributed by atoms with van der Waals surface area (Å²) in [4.78, 5) is 33.5. The van der Waals surface area contributed by atoms with Gasteiger partial charge < -0.3 is 10.4 Å². The second kappa shape index (κ2) is 7.47. The SMILES string of the molecule is C=CCCCNC(=O)NC(=O)CC(C)(C)C(=O)O. The first kappa shape index (κ1) is 16.1. The second-order valence-electron chi connectivity index (χ2n) is 4.60. The number of rotatable bonds is 7. The van der Waals surface area contributed by atoms with E-state index in [4.69, 9.17) is 5.11 Å². The maximum absolute atomic E-state index is 11.4. The molecule has 0 aliphatic rings. The van der Waals surface area contributed by atoms with Crippen LogP contribution in [0.15, 0.2) is 12.7 Å². The molecule has 6 heteroatoms. The zero-order chi connectivity index (χ0) is 14.2. The first-order chi connectivity index (χ1) is 8.29. The summed E-state index contributed by atoms with van der Waals surface area (Å²) in [5, 5.41) is 13.4. The third-order valence-corrected chi connectivity index (χ3v) is 2.30. The number of aliphatic carboxylic acids is 1. The molecule has 3 N–H and O–H groups in total. The van der Waals surface area contributed by atoms with Crippen LogP contribution in [0.5, 0.6) is 0 Å². The maximum Gasteiger partial charge on any atom is 0.321 e. The van der Waals surface area contributed by atoms with Crippen LogP contribution in [-0.4, -0.2) is 29.6 Å². The van der Waals surface area contributed by atoms with E-state index in [2.05, 4.69) is 17.2 Å². The van der Waals surface area contributed by atoms with Crippen LogP contribution in [0, 0.1) is 5.41 Å². The van der Waals surface area contributed by atoms with Gasteiger partial charge >= 0.3 is 12.0 Å². The maximum atomic E-state index is 11.4. The summed E-state index contributed by atoms with van der Waals surface area (Å²) in [7, 11) is 0. The molecular formula is C12H20N2O4. The number of carboxylic acids is 1. The molecule has 0 aromatic heterocycles. The van der Waals surface area contributed by atoms with Gasteiger partial charge in [0.05, 0.1) is 5.41 Å². The Hall–Kier alpha value is -1.85. The Bertz CT molecular complexity index is 337. The number of carbonyl (C=O) groups is 3. The molecule has 0 unspecified atom stereocenters. The average molecular weight is 256 g/mol. The van der Waals surface area contributed by atoms with Crippen LogP contribution < -0.4 is 10.6 Å². The van der Waals surface area contributed by atoms with E-state index in [9.17, 15) is 14.4 Å². The Morgan fingerprint density at radius 1 is 1.33 bits per heavy atom. The first-order valence-corrected chi connectivity index (χ1v) is 5.71. The fraction of sp³-hybridized carbons (Fsp3) is 0.583. The summed E-state index contributed by atoms with van der Waals surface area (Å²) in [6, 6.07) is -0.606. The lowest BCUT2D eigenvalue weighted by Crippen LogP contribution is -2.42. The Kier molecular flexibility index (Phi) is 6.70. The molecule has 102 valence electrons. The van der Waals surface area contributed by atoms with E-state index in [1.165, 1.54) is 13.8 Å². The van der Waals surface area contributed by atoms with E-state index >= 15 is 0 Å². The highest BCUT2D eigenvalue weighted by atomic mass is 16.4. The van der Waals surface area contributed by atoms with Gasteiger partial charge in [-0.1, -0.05) is 6.08 Å². The van der Waals surface area contributed by atoms with Crippen LogP contribution in [0.4, 0.5) is 4.79 Å². The molecule has 6 nitrogen and oxygen atoms in total. The third-order valence-electron chi connectivity index (χ3n) is 2.30. The zero-order valence-electron chi connectivity index (χ0n) is 10.8. The van der Waals surface area contributed by atoms with Gasteiger partial charge in [-0.3, -0.25) is 14.9 Å². The van der Waals surface area contributed by atoms with Crippen LogP contribution in [0.2, 0.25) is 0 Å². The number of carbonyl (C=O) groups excluding carboxylic acids is 2.